The summed E-state index contributed by atoms with van der Waals surface area (Å²) < 4.78 is 10.2. The van der Waals surface area contributed by atoms with Gasteiger partial charge in [-0.05, 0) is 24.3 Å². The van der Waals surface area contributed by atoms with Gasteiger partial charge in [0.25, 0.3) is 0 Å². The molecule has 1 atom stereocenters. The highest BCUT2D eigenvalue weighted by molar-refractivity contribution is 5.47. The second-order valence-corrected chi connectivity index (χ2v) is 3.38. The third kappa shape index (κ3) is 3.89. The van der Waals surface area contributed by atoms with E-state index in [1.807, 2.05) is 12.1 Å². The van der Waals surface area contributed by atoms with Gasteiger partial charge in [-0.1, -0.05) is 0 Å². The van der Waals surface area contributed by atoms with Crippen LogP contribution in [0.25, 0.3) is 0 Å². The quantitative estimate of drug-likeness (QED) is 0.791. The van der Waals surface area contributed by atoms with Crippen molar-refractivity contribution in [1.82, 2.24) is 0 Å². The van der Waals surface area contributed by atoms with Crippen molar-refractivity contribution < 1.29 is 9.47 Å². The van der Waals surface area contributed by atoms with E-state index in [0.717, 1.165) is 5.69 Å². The third-order valence-electron chi connectivity index (χ3n) is 2.23. The molecule has 0 amide bonds. The van der Waals surface area contributed by atoms with E-state index < -0.39 is 0 Å². The minimum Gasteiger partial charge on any atom is -0.382 e. The molecule has 0 saturated heterocycles. The Labute approximate surface area is 95.8 Å². The number of anilines is 1. The van der Waals surface area contributed by atoms with Crippen LogP contribution in [0.1, 0.15) is 5.56 Å². The summed E-state index contributed by atoms with van der Waals surface area (Å²) in [7, 11) is 3.30. The summed E-state index contributed by atoms with van der Waals surface area (Å²) in [5.41, 5.74) is 1.63. The fourth-order valence-electron chi connectivity index (χ4n) is 1.29. The van der Waals surface area contributed by atoms with Gasteiger partial charge in [-0.3, -0.25) is 0 Å². The minimum atomic E-state index is 0.0284. The second kappa shape index (κ2) is 6.83. The molecule has 0 aliphatic heterocycles. The summed E-state index contributed by atoms with van der Waals surface area (Å²) >= 11 is 0. The number of nitriles is 1. The number of nitrogens with zero attached hydrogens (tertiary/aromatic N) is 1. The van der Waals surface area contributed by atoms with Crippen LogP contribution in [-0.2, 0) is 9.47 Å². The van der Waals surface area contributed by atoms with E-state index in [4.69, 9.17) is 14.7 Å². The fourth-order valence-corrected chi connectivity index (χ4v) is 1.29. The Kier molecular flexibility index (Phi) is 5.34. The molecule has 1 aromatic rings. The molecule has 0 spiro atoms. The van der Waals surface area contributed by atoms with Crippen LogP contribution >= 0.6 is 0 Å². The lowest BCUT2D eigenvalue weighted by Crippen LogP contribution is -2.26. The monoisotopic (exact) mass is 220 g/mol. The zero-order valence-corrected chi connectivity index (χ0v) is 9.56. The van der Waals surface area contributed by atoms with Crippen LogP contribution in [-0.4, -0.2) is 33.5 Å². The molecule has 0 aliphatic rings. The average molecular weight is 220 g/mol. The number of benzene rings is 1. The number of ether oxygens (including phenoxy) is 2. The first kappa shape index (κ1) is 12.5. The first-order valence-electron chi connectivity index (χ1n) is 5.06. The Morgan fingerprint density at radius 1 is 1.31 bits per heavy atom. The van der Waals surface area contributed by atoms with Gasteiger partial charge >= 0.3 is 0 Å². The normalized spacial score (nSPS) is 11.8. The van der Waals surface area contributed by atoms with E-state index in [1.54, 1.807) is 26.4 Å². The number of rotatable bonds is 6. The summed E-state index contributed by atoms with van der Waals surface area (Å²) in [4.78, 5) is 0. The SMILES string of the molecule is COCC(CNc1ccc(C#N)cc1)OC. The van der Waals surface area contributed by atoms with Crippen LogP contribution in [0.3, 0.4) is 0 Å². The van der Waals surface area contributed by atoms with Crippen molar-refractivity contribution in [2.75, 3.05) is 32.7 Å². The second-order valence-electron chi connectivity index (χ2n) is 3.38. The van der Waals surface area contributed by atoms with Crippen LogP contribution in [0.2, 0.25) is 0 Å². The van der Waals surface area contributed by atoms with Crippen LogP contribution in [0, 0.1) is 11.3 Å². The molecule has 0 radical (unpaired) electrons. The van der Waals surface area contributed by atoms with Crippen molar-refractivity contribution in [3.8, 4) is 6.07 Å². The van der Waals surface area contributed by atoms with Crippen molar-refractivity contribution >= 4 is 5.69 Å². The van der Waals surface area contributed by atoms with Gasteiger partial charge in [0.05, 0.1) is 24.3 Å². The molecule has 16 heavy (non-hydrogen) atoms. The highest BCUT2D eigenvalue weighted by Crippen LogP contribution is 2.08. The molecule has 1 N–H and O–H groups in total. The standard InChI is InChI=1S/C12H16N2O2/c1-15-9-12(16-2)8-14-11-5-3-10(7-13)4-6-11/h3-6,12,14H,8-9H2,1-2H3. The molecular weight excluding hydrogens is 204 g/mol. The Balaban J connectivity index is 2.44. The van der Waals surface area contributed by atoms with E-state index in [9.17, 15) is 0 Å². The summed E-state index contributed by atoms with van der Waals surface area (Å²) in [5, 5.41) is 11.9. The van der Waals surface area contributed by atoms with Crippen LogP contribution in [0.5, 0.6) is 0 Å². The zero-order chi connectivity index (χ0) is 11.8. The molecular formula is C12H16N2O2. The molecule has 0 saturated carbocycles. The Morgan fingerprint density at radius 2 is 2.00 bits per heavy atom. The summed E-state index contributed by atoms with van der Waals surface area (Å²) in [6.07, 6.45) is 0.0284. The molecule has 86 valence electrons. The smallest absolute Gasteiger partial charge is 0.0991 e. The molecule has 4 heteroatoms. The lowest BCUT2D eigenvalue weighted by Gasteiger charge is -2.15. The maximum absolute atomic E-state index is 8.65. The van der Waals surface area contributed by atoms with Crippen molar-refractivity contribution in [3.05, 3.63) is 29.8 Å². The minimum absolute atomic E-state index is 0.0284. The predicted molar refractivity (Wildman–Crippen MR) is 62.3 cm³/mol. The third-order valence-corrected chi connectivity index (χ3v) is 2.23. The molecule has 1 aromatic carbocycles. The van der Waals surface area contributed by atoms with E-state index >= 15 is 0 Å². The predicted octanol–water partition coefficient (Wildman–Crippen LogP) is 1.63. The molecule has 0 aliphatic carbocycles. The van der Waals surface area contributed by atoms with Crippen LogP contribution in [0.4, 0.5) is 5.69 Å². The van der Waals surface area contributed by atoms with Crippen molar-refractivity contribution in [2.45, 2.75) is 6.10 Å². The summed E-state index contributed by atoms with van der Waals surface area (Å²) in [6, 6.07) is 9.38. The van der Waals surface area contributed by atoms with Crippen molar-refractivity contribution in [2.24, 2.45) is 0 Å². The average Bonchev–Trinajstić information content (AvgIpc) is 2.35. The molecule has 1 unspecified atom stereocenters. The van der Waals surface area contributed by atoms with Gasteiger partial charge in [-0.15, -0.1) is 0 Å². The number of methoxy groups -OCH3 is 2. The molecule has 0 fully saturated rings. The fraction of sp³-hybridized carbons (Fsp3) is 0.417. The highest BCUT2D eigenvalue weighted by Gasteiger charge is 2.05. The molecule has 1 rings (SSSR count). The van der Waals surface area contributed by atoms with Crippen molar-refractivity contribution in [3.63, 3.8) is 0 Å². The summed E-state index contributed by atoms with van der Waals surface area (Å²) in [6.45, 7) is 1.23. The van der Waals surface area contributed by atoms with E-state index in [0.29, 0.717) is 18.7 Å². The van der Waals surface area contributed by atoms with E-state index in [2.05, 4.69) is 11.4 Å². The maximum Gasteiger partial charge on any atom is 0.0991 e. The van der Waals surface area contributed by atoms with Crippen LogP contribution < -0.4 is 5.32 Å². The van der Waals surface area contributed by atoms with Gasteiger partial charge in [-0.25, -0.2) is 0 Å². The van der Waals surface area contributed by atoms with Gasteiger partial charge in [0.1, 0.15) is 0 Å². The molecule has 0 bridgehead atoms. The Morgan fingerprint density at radius 3 is 2.50 bits per heavy atom. The van der Waals surface area contributed by atoms with Gasteiger partial charge in [0.2, 0.25) is 0 Å². The Hall–Kier alpha value is -1.57. The van der Waals surface area contributed by atoms with Gasteiger partial charge < -0.3 is 14.8 Å². The lowest BCUT2D eigenvalue weighted by atomic mass is 10.2. The topological polar surface area (TPSA) is 54.3 Å². The summed E-state index contributed by atoms with van der Waals surface area (Å²) in [5.74, 6) is 0. The number of nitrogens with one attached hydrogen (secondary N) is 1. The molecule has 0 heterocycles. The number of hydrogen-bond acceptors (Lipinski definition) is 4. The van der Waals surface area contributed by atoms with Gasteiger partial charge in [0, 0.05) is 26.5 Å². The first-order chi connectivity index (χ1) is 7.80. The van der Waals surface area contributed by atoms with E-state index in [1.165, 1.54) is 0 Å². The van der Waals surface area contributed by atoms with Crippen LogP contribution in [0.15, 0.2) is 24.3 Å². The van der Waals surface area contributed by atoms with Gasteiger partial charge in [-0.2, -0.15) is 5.26 Å². The first-order valence-corrected chi connectivity index (χ1v) is 5.06. The van der Waals surface area contributed by atoms with Gasteiger partial charge in [0.15, 0.2) is 0 Å². The maximum atomic E-state index is 8.65. The van der Waals surface area contributed by atoms with E-state index in [-0.39, 0.29) is 6.10 Å². The largest absolute Gasteiger partial charge is 0.382 e. The Bertz CT molecular complexity index is 343. The lowest BCUT2D eigenvalue weighted by molar-refractivity contribution is 0.0365. The number of hydrogen-bond donors (Lipinski definition) is 1. The zero-order valence-electron chi connectivity index (χ0n) is 9.56. The molecule has 4 nitrogen and oxygen atoms in total. The molecule has 0 aromatic heterocycles. The highest BCUT2D eigenvalue weighted by atomic mass is 16.5. The van der Waals surface area contributed by atoms with Crippen molar-refractivity contribution in [1.29, 1.82) is 5.26 Å².